The molecule has 0 aliphatic rings. The highest BCUT2D eigenvalue weighted by Crippen LogP contribution is 2.20. The molecular formula is C16H19N3O2. The van der Waals surface area contributed by atoms with Crippen LogP contribution < -0.4 is 0 Å². The Morgan fingerprint density at radius 1 is 1.43 bits per heavy atom. The van der Waals surface area contributed by atoms with Crippen molar-refractivity contribution in [3.8, 4) is 6.07 Å². The van der Waals surface area contributed by atoms with E-state index >= 15 is 0 Å². The summed E-state index contributed by atoms with van der Waals surface area (Å²) in [5.74, 6) is 0. The molecule has 21 heavy (non-hydrogen) atoms. The number of nitrogens with zero attached hydrogens (tertiary/aromatic N) is 2. The molecule has 2 rings (SSSR count). The van der Waals surface area contributed by atoms with Crippen molar-refractivity contribution in [2.45, 2.75) is 32.8 Å². The van der Waals surface area contributed by atoms with E-state index in [1.807, 2.05) is 39.1 Å². The van der Waals surface area contributed by atoms with Crippen molar-refractivity contribution < 1.29 is 9.63 Å². The molecule has 110 valence electrons. The maximum Gasteiger partial charge on any atom is 0.233 e. The van der Waals surface area contributed by atoms with Gasteiger partial charge in [-0.1, -0.05) is 0 Å². The first-order valence-electron chi connectivity index (χ1n) is 6.84. The van der Waals surface area contributed by atoms with Crippen molar-refractivity contribution >= 4 is 17.3 Å². The van der Waals surface area contributed by atoms with Crippen LogP contribution in [0.1, 0.15) is 31.9 Å². The molecule has 0 unspecified atom stereocenters. The van der Waals surface area contributed by atoms with Gasteiger partial charge >= 0.3 is 0 Å². The Hall–Kier alpha value is -2.32. The lowest BCUT2D eigenvalue weighted by atomic mass is 10.1. The summed E-state index contributed by atoms with van der Waals surface area (Å²) >= 11 is 0. The molecular weight excluding hydrogens is 266 g/mol. The molecule has 1 aromatic carbocycles. The number of amides is 1. The fourth-order valence-corrected chi connectivity index (χ4v) is 2.16. The van der Waals surface area contributed by atoms with Gasteiger partial charge in [0.05, 0.1) is 23.8 Å². The van der Waals surface area contributed by atoms with Crippen LogP contribution in [0.3, 0.4) is 0 Å². The van der Waals surface area contributed by atoms with E-state index in [-0.39, 0.29) is 0 Å². The van der Waals surface area contributed by atoms with E-state index in [1.54, 1.807) is 6.07 Å². The summed E-state index contributed by atoms with van der Waals surface area (Å²) in [7, 11) is 0. The number of carbonyl (C=O) groups excluding carboxylic acids is 1. The number of nitriles is 1. The van der Waals surface area contributed by atoms with Gasteiger partial charge in [-0.2, -0.15) is 5.26 Å². The maximum atomic E-state index is 11.1. The van der Waals surface area contributed by atoms with Crippen LogP contribution in [0, 0.1) is 11.3 Å². The Morgan fingerprint density at radius 2 is 2.19 bits per heavy atom. The summed E-state index contributed by atoms with van der Waals surface area (Å²) in [5.41, 5.74) is 2.26. The van der Waals surface area contributed by atoms with Crippen LogP contribution in [-0.2, 0) is 16.1 Å². The highest BCUT2D eigenvalue weighted by molar-refractivity contribution is 5.84. The smallest absolute Gasteiger partial charge is 0.233 e. The van der Waals surface area contributed by atoms with Crippen LogP contribution in [0.25, 0.3) is 10.9 Å². The summed E-state index contributed by atoms with van der Waals surface area (Å²) in [6.07, 6.45) is 3.26. The van der Waals surface area contributed by atoms with E-state index in [0.717, 1.165) is 16.5 Å². The van der Waals surface area contributed by atoms with Gasteiger partial charge in [-0.05, 0) is 51.0 Å². The highest BCUT2D eigenvalue weighted by atomic mass is 16.7. The summed E-state index contributed by atoms with van der Waals surface area (Å²) in [5, 5.41) is 11.3. The Labute approximate surface area is 124 Å². The van der Waals surface area contributed by atoms with Crippen molar-refractivity contribution in [2.24, 2.45) is 0 Å². The first-order chi connectivity index (χ1) is 9.93. The quantitative estimate of drug-likeness (QED) is 0.678. The largest absolute Gasteiger partial charge is 0.361 e. The van der Waals surface area contributed by atoms with Gasteiger partial charge in [-0.25, -0.2) is 5.06 Å². The molecule has 1 heterocycles. The molecule has 0 fully saturated rings. The summed E-state index contributed by atoms with van der Waals surface area (Å²) in [4.78, 5) is 19.8. The number of aromatic nitrogens is 1. The van der Waals surface area contributed by atoms with Crippen LogP contribution in [0.5, 0.6) is 0 Å². The van der Waals surface area contributed by atoms with Crippen LogP contribution in [-0.4, -0.2) is 28.6 Å². The zero-order valence-corrected chi connectivity index (χ0v) is 12.5. The number of aromatic amines is 1. The van der Waals surface area contributed by atoms with Crippen molar-refractivity contribution in [3.63, 3.8) is 0 Å². The lowest BCUT2D eigenvalue weighted by Crippen LogP contribution is -2.34. The lowest BCUT2D eigenvalue weighted by Gasteiger charge is -2.26. The number of H-pyrrole nitrogens is 1. The van der Waals surface area contributed by atoms with Crippen molar-refractivity contribution in [3.05, 3.63) is 35.5 Å². The molecule has 5 nitrogen and oxygen atoms in total. The van der Waals surface area contributed by atoms with Crippen LogP contribution in [0.15, 0.2) is 24.4 Å². The second-order valence-electron chi connectivity index (χ2n) is 5.89. The molecule has 1 aromatic heterocycles. The van der Waals surface area contributed by atoms with Crippen molar-refractivity contribution in [1.29, 1.82) is 5.26 Å². The molecule has 1 N–H and O–H groups in total. The Balaban J connectivity index is 2.13. The summed E-state index contributed by atoms with van der Waals surface area (Å²) in [6.45, 7) is 6.15. The van der Waals surface area contributed by atoms with Gasteiger partial charge in [0.1, 0.15) is 0 Å². The number of hydrogen-bond acceptors (Lipinski definition) is 3. The molecule has 1 amide bonds. The minimum atomic E-state index is -0.408. The molecule has 0 atom stereocenters. The Kier molecular flexibility index (Phi) is 4.29. The Bertz CT molecular complexity index is 677. The molecule has 0 spiro atoms. The summed E-state index contributed by atoms with van der Waals surface area (Å²) in [6, 6.07) is 7.67. The fraction of sp³-hybridized carbons (Fsp3) is 0.375. The standard InChI is InChI=1S/C16H19N3O2/c1-16(2,3)21-19(11-20)7-6-13-10-18-15-5-4-12(9-17)8-14(13)15/h4-5,8,10-11,18H,6-7H2,1-3H3. The molecule has 0 aliphatic carbocycles. The number of benzene rings is 1. The second kappa shape index (κ2) is 5.98. The van der Waals surface area contributed by atoms with Crippen molar-refractivity contribution in [1.82, 2.24) is 10.0 Å². The summed E-state index contributed by atoms with van der Waals surface area (Å²) < 4.78 is 0. The maximum absolute atomic E-state index is 11.1. The number of carbonyl (C=O) groups is 1. The molecule has 0 aliphatic heterocycles. The van der Waals surface area contributed by atoms with Crippen LogP contribution in [0.2, 0.25) is 0 Å². The van der Waals surface area contributed by atoms with Gasteiger partial charge < -0.3 is 4.98 Å². The molecule has 0 bridgehead atoms. The fourth-order valence-electron chi connectivity index (χ4n) is 2.16. The van der Waals surface area contributed by atoms with E-state index in [4.69, 9.17) is 10.1 Å². The van der Waals surface area contributed by atoms with Gasteiger partial charge in [0.2, 0.25) is 6.41 Å². The molecule has 0 saturated carbocycles. The second-order valence-corrected chi connectivity index (χ2v) is 5.89. The average Bonchev–Trinajstić information content (AvgIpc) is 2.84. The van der Waals surface area contributed by atoms with E-state index in [9.17, 15) is 4.79 Å². The molecule has 0 saturated heterocycles. The van der Waals surface area contributed by atoms with Gasteiger partial charge in [0.25, 0.3) is 0 Å². The zero-order valence-electron chi connectivity index (χ0n) is 12.5. The molecule has 5 heteroatoms. The third-order valence-corrected chi connectivity index (χ3v) is 3.01. The predicted octanol–water partition coefficient (Wildman–Crippen LogP) is 2.77. The van der Waals surface area contributed by atoms with Crippen LogP contribution in [0.4, 0.5) is 0 Å². The topological polar surface area (TPSA) is 69.1 Å². The number of fused-ring (bicyclic) bond motifs is 1. The predicted molar refractivity (Wildman–Crippen MR) is 80.3 cm³/mol. The third kappa shape index (κ3) is 3.83. The minimum Gasteiger partial charge on any atom is -0.361 e. The highest BCUT2D eigenvalue weighted by Gasteiger charge is 2.16. The number of hydrogen-bond donors (Lipinski definition) is 1. The first kappa shape index (κ1) is 15.1. The SMILES string of the molecule is CC(C)(C)ON(C=O)CCc1c[nH]c2ccc(C#N)cc12. The van der Waals surface area contributed by atoms with Gasteiger partial charge in [0.15, 0.2) is 0 Å². The normalized spacial score (nSPS) is 11.3. The molecule has 0 radical (unpaired) electrons. The zero-order chi connectivity index (χ0) is 15.5. The number of rotatable bonds is 5. The van der Waals surface area contributed by atoms with Gasteiger partial charge in [-0.3, -0.25) is 9.63 Å². The van der Waals surface area contributed by atoms with Gasteiger partial charge in [0, 0.05) is 17.1 Å². The van der Waals surface area contributed by atoms with E-state index in [2.05, 4.69) is 11.1 Å². The van der Waals surface area contributed by atoms with E-state index in [1.165, 1.54) is 5.06 Å². The number of nitrogens with one attached hydrogen (secondary N) is 1. The van der Waals surface area contributed by atoms with Gasteiger partial charge in [-0.15, -0.1) is 0 Å². The third-order valence-electron chi connectivity index (χ3n) is 3.01. The van der Waals surface area contributed by atoms with E-state index < -0.39 is 5.60 Å². The lowest BCUT2D eigenvalue weighted by molar-refractivity contribution is -0.215. The monoisotopic (exact) mass is 285 g/mol. The Morgan fingerprint density at radius 3 is 2.81 bits per heavy atom. The molecule has 2 aromatic rings. The average molecular weight is 285 g/mol. The number of hydroxylamine groups is 2. The van der Waals surface area contributed by atoms with Crippen LogP contribution >= 0.6 is 0 Å². The minimum absolute atomic E-state index is 0.408. The first-order valence-corrected chi connectivity index (χ1v) is 6.84. The van der Waals surface area contributed by atoms with Crippen molar-refractivity contribution in [2.75, 3.05) is 6.54 Å². The van der Waals surface area contributed by atoms with E-state index in [0.29, 0.717) is 24.9 Å².